The van der Waals surface area contributed by atoms with Gasteiger partial charge >= 0.3 is 6.18 Å². The molecule has 0 heterocycles. The third-order valence-electron chi connectivity index (χ3n) is 2.54. The zero-order valence-electron chi connectivity index (χ0n) is 11.0. The first-order valence-corrected chi connectivity index (χ1v) is 7.20. The van der Waals surface area contributed by atoms with E-state index in [0.717, 1.165) is 0 Å². The van der Waals surface area contributed by atoms with Crippen LogP contribution in [-0.2, 0) is 10.0 Å². The molecule has 0 aliphatic carbocycles. The lowest BCUT2D eigenvalue weighted by molar-refractivity contribution is -0.136. The Morgan fingerprint density at radius 2 is 1.95 bits per heavy atom. The van der Waals surface area contributed by atoms with Crippen molar-refractivity contribution in [2.75, 3.05) is 18.1 Å². The summed E-state index contributed by atoms with van der Waals surface area (Å²) in [7, 11) is -2.38. The first-order valence-electron chi connectivity index (χ1n) is 5.71. The van der Waals surface area contributed by atoms with Crippen molar-refractivity contribution in [3.63, 3.8) is 0 Å². The Morgan fingerprint density at radius 3 is 2.40 bits per heavy atom. The average Bonchev–Trinajstić information content (AvgIpc) is 2.29. The number of alkyl halides is 3. The van der Waals surface area contributed by atoms with Crippen molar-refractivity contribution in [2.24, 2.45) is 0 Å². The third-order valence-corrected chi connectivity index (χ3v) is 3.95. The molecule has 0 bridgehead atoms. The molecular weight excluding hydrogens is 295 g/mol. The zero-order chi connectivity index (χ0) is 15.6. The van der Waals surface area contributed by atoms with Gasteiger partial charge in [-0.1, -0.05) is 0 Å². The lowest BCUT2D eigenvalue weighted by Crippen LogP contribution is -2.24. The van der Waals surface area contributed by atoms with E-state index in [0.29, 0.717) is 0 Å². The van der Waals surface area contributed by atoms with E-state index in [2.05, 4.69) is 10.0 Å². The van der Waals surface area contributed by atoms with Crippen LogP contribution in [0.3, 0.4) is 0 Å². The predicted octanol–water partition coefficient (Wildman–Crippen LogP) is 1.93. The molecule has 0 aromatic heterocycles. The van der Waals surface area contributed by atoms with Gasteiger partial charge in [-0.3, -0.25) is 0 Å². The Morgan fingerprint density at radius 1 is 1.35 bits per heavy atom. The summed E-state index contributed by atoms with van der Waals surface area (Å²) >= 11 is 0. The molecule has 0 saturated heterocycles. The smallest absolute Gasteiger partial charge is 0.391 e. The molecule has 20 heavy (non-hydrogen) atoms. The summed E-state index contributed by atoms with van der Waals surface area (Å²) < 4.78 is 61.9. The molecule has 0 saturated carbocycles. The van der Waals surface area contributed by atoms with Crippen LogP contribution in [0.25, 0.3) is 0 Å². The molecule has 1 rings (SSSR count). The van der Waals surface area contributed by atoms with Crippen LogP contribution in [-0.4, -0.2) is 27.7 Å². The van der Waals surface area contributed by atoms with Crippen LogP contribution in [0, 0.1) is 0 Å². The van der Waals surface area contributed by atoms with Gasteiger partial charge in [0.1, 0.15) is 0 Å². The van der Waals surface area contributed by atoms with Crippen LogP contribution in [0.15, 0.2) is 23.1 Å². The highest BCUT2D eigenvalue weighted by Gasteiger charge is 2.30. The standard InChI is InChI=1S/C11H16F3N3O2S/c1-7(6-11(12,13)14)17-10-4-3-8(5-9(10)15)20(18,19)16-2/h3-5,7,16-17H,6,15H2,1-2H3. The quantitative estimate of drug-likeness (QED) is 0.726. The summed E-state index contributed by atoms with van der Waals surface area (Å²) in [6.45, 7) is 1.37. The molecule has 5 nitrogen and oxygen atoms in total. The fraction of sp³-hybridized carbons (Fsp3) is 0.455. The first kappa shape index (κ1) is 16.6. The van der Waals surface area contributed by atoms with Crippen LogP contribution < -0.4 is 15.8 Å². The Hall–Kier alpha value is -1.48. The molecule has 1 unspecified atom stereocenters. The average molecular weight is 311 g/mol. The topological polar surface area (TPSA) is 84.2 Å². The number of benzene rings is 1. The van der Waals surface area contributed by atoms with Gasteiger partial charge in [-0.05, 0) is 32.2 Å². The summed E-state index contributed by atoms with van der Waals surface area (Å²) in [5.41, 5.74) is 5.97. The zero-order valence-corrected chi connectivity index (χ0v) is 11.8. The predicted molar refractivity (Wildman–Crippen MR) is 70.9 cm³/mol. The van der Waals surface area contributed by atoms with Crippen molar-refractivity contribution >= 4 is 21.4 Å². The van der Waals surface area contributed by atoms with E-state index in [1.165, 1.54) is 32.2 Å². The molecule has 0 aliphatic heterocycles. The van der Waals surface area contributed by atoms with Crippen molar-refractivity contribution in [1.29, 1.82) is 0 Å². The van der Waals surface area contributed by atoms with Gasteiger partial charge in [0.25, 0.3) is 0 Å². The second kappa shape index (κ2) is 5.88. The number of nitrogens with two attached hydrogens (primary N) is 1. The largest absolute Gasteiger partial charge is 0.397 e. The second-order valence-electron chi connectivity index (χ2n) is 4.32. The van der Waals surface area contributed by atoms with Crippen molar-refractivity contribution in [3.8, 4) is 0 Å². The van der Waals surface area contributed by atoms with E-state index in [9.17, 15) is 21.6 Å². The van der Waals surface area contributed by atoms with Crippen LogP contribution in [0.5, 0.6) is 0 Å². The maximum atomic E-state index is 12.2. The maximum Gasteiger partial charge on any atom is 0.391 e. The molecule has 1 aromatic rings. The van der Waals surface area contributed by atoms with Crippen molar-refractivity contribution in [3.05, 3.63) is 18.2 Å². The highest BCUT2D eigenvalue weighted by Crippen LogP contribution is 2.27. The van der Waals surface area contributed by atoms with Gasteiger partial charge in [-0.25, -0.2) is 13.1 Å². The summed E-state index contributed by atoms with van der Waals surface area (Å²) in [6, 6.07) is 2.93. The lowest BCUT2D eigenvalue weighted by atomic mass is 10.2. The lowest BCUT2D eigenvalue weighted by Gasteiger charge is -2.18. The van der Waals surface area contributed by atoms with Gasteiger partial charge in [0.2, 0.25) is 10.0 Å². The highest BCUT2D eigenvalue weighted by molar-refractivity contribution is 7.89. The van der Waals surface area contributed by atoms with Crippen LogP contribution in [0.1, 0.15) is 13.3 Å². The molecule has 0 amide bonds. The van der Waals surface area contributed by atoms with Gasteiger partial charge < -0.3 is 11.1 Å². The van der Waals surface area contributed by atoms with Crippen LogP contribution in [0.2, 0.25) is 0 Å². The Bertz CT molecular complexity index is 573. The molecule has 1 aromatic carbocycles. The number of halogens is 3. The Labute approximate surface area is 115 Å². The minimum absolute atomic E-state index is 0.0495. The molecule has 1 atom stereocenters. The number of sulfonamides is 1. The molecule has 4 N–H and O–H groups in total. The summed E-state index contributed by atoms with van der Waals surface area (Å²) in [6.07, 6.45) is -5.29. The number of nitrogen functional groups attached to an aromatic ring is 1. The number of nitrogens with one attached hydrogen (secondary N) is 2. The van der Waals surface area contributed by atoms with E-state index in [1.807, 2.05) is 0 Å². The van der Waals surface area contributed by atoms with E-state index in [4.69, 9.17) is 5.73 Å². The van der Waals surface area contributed by atoms with Gasteiger partial charge in [0, 0.05) is 6.04 Å². The first-order chi connectivity index (χ1) is 9.05. The Kier molecular flexibility index (Phi) is 4.87. The van der Waals surface area contributed by atoms with E-state index < -0.39 is 28.7 Å². The van der Waals surface area contributed by atoms with Crippen molar-refractivity contribution in [1.82, 2.24) is 4.72 Å². The van der Waals surface area contributed by atoms with Crippen LogP contribution >= 0.6 is 0 Å². The third kappa shape index (κ3) is 4.57. The van der Waals surface area contributed by atoms with Crippen molar-refractivity contribution < 1.29 is 21.6 Å². The Balaban J connectivity index is 2.90. The van der Waals surface area contributed by atoms with E-state index >= 15 is 0 Å². The molecule has 9 heteroatoms. The molecule has 0 fully saturated rings. The monoisotopic (exact) mass is 311 g/mol. The summed E-state index contributed by atoms with van der Waals surface area (Å²) in [4.78, 5) is -0.0495. The summed E-state index contributed by atoms with van der Waals surface area (Å²) in [5.74, 6) is 0. The highest BCUT2D eigenvalue weighted by atomic mass is 32.2. The van der Waals surface area contributed by atoms with Crippen LogP contribution in [0.4, 0.5) is 24.5 Å². The fourth-order valence-electron chi connectivity index (χ4n) is 1.62. The molecular formula is C11H16F3N3O2S. The van der Waals surface area contributed by atoms with E-state index in [1.54, 1.807) is 0 Å². The van der Waals surface area contributed by atoms with Gasteiger partial charge in [0.15, 0.2) is 0 Å². The normalized spacial score (nSPS) is 14.1. The molecule has 114 valence electrons. The minimum Gasteiger partial charge on any atom is -0.397 e. The minimum atomic E-state index is -4.28. The molecule has 0 radical (unpaired) electrons. The van der Waals surface area contributed by atoms with Gasteiger partial charge in [0.05, 0.1) is 22.7 Å². The molecule has 0 aliphatic rings. The SMILES string of the molecule is CNS(=O)(=O)c1ccc(NC(C)CC(F)(F)F)c(N)c1. The number of hydrogen-bond acceptors (Lipinski definition) is 4. The van der Waals surface area contributed by atoms with E-state index in [-0.39, 0.29) is 16.3 Å². The number of hydrogen-bond donors (Lipinski definition) is 3. The maximum absolute atomic E-state index is 12.2. The van der Waals surface area contributed by atoms with Gasteiger partial charge in [-0.15, -0.1) is 0 Å². The van der Waals surface area contributed by atoms with Gasteiger partial charge in [-0.2, -0.15) is 13.2 Å². The fourth-order valence-corrected chi connectivity index (χ4v) is 2.39. The number of rotatable bonds is 5. The number of anilines is 2. The second-order valence-corrected chi connectivity index (χ2v) is 6.21. The molecule has 0 spiro atoms. The summed E-state index contributed by atoms with van der Waals surface area (Å²) in [5, 5.41) is 2.60. The van der Waals surface area contributed by atoms with Crippen molar-refractivity contribution in [2.45, 2.75) is 30.5 Å².